The molecule has 1 aromatic heterocycles. The molecule has 0 aliphatic heterocycles. The van der Waals surface area contributed by atoms with Crippen LogP contribution in [0, 0.1) is 5.82 Å². The molecule has 0 spiro atoms. The van der Waals surface area contributed by atoms with Gasteiger partial charge in [-0.2, -0.15) is 0 Å². The summed E-state index contributed by atoms with van der Waals surface area (Å²) in [5.74, 6) is -2.03. The topological polar surface area (TPSA) is 92.4 Å². The third-order valence-electron chi connectivity index (χ3n) is 4.65. The number of nitrogens with one attached hydrogen (secondary N) is 1. The predicted molar refractivity (Wildman–Crippen MR) is 125 cm³/mol. The first kappa shape index (κ1) is 22.5. The lowest BCUT2D eigenvalue weighted by molar-refractivity contribution is -0.136. The van der Waals surface area contributed by atoms with E-state index in [1.54, 1.807) is 36.4 Å². The number of oxazole rings is 1. The third-order valence-corrected chi connectivity index (χ3v) is 5.21. The molecule has 0 radical (unpaired) electrons. The maximum absolute atomic E-state index is 14.7. The van der Waals surface area contributed by atoms with E-state index in [1.807, 2.05) is 0 Å². The van der Waals surface area contributed by atoms with Crippen LogP contribution in [0.5, 0.6) is 0 Å². The molecular formula is C24H15Cl2FN2O4. The van der Waals surface area contributed by atoms with Crippen molar-refractivity contribution in [2.24, 2.45) is 0 Å². The standard InChI is InChI=1S/C24H15Cl2FN2O4/c25-15-4-2-14(18(26)11-15)3-8-22(30)28-16-5-6-17(19(27)12-16)24-29-20-9-13(10-23(31)32)1-7-21(20)33-24/h1-9,11-12H,10H2,(H,28,30)(H,31,32). The summed E-state index contributed by atoms with van der Waals surface area (Å²) in [6, 6.07) is 13.8. The number of carbonyl (C=O) groups excluding carboxylic acids is 1. The molecule has 9 heteroatoms. The first-order valence-electron chi connectivity index (χ1n) is 9.64. The predicted octanol–water partition coefficient (Wildman–Crippen LogP) is 6.22. The monoisotopic (exact) mass is 484 g/mol. The highest BCUT2D eigenvalue weighted by Gasteiger charge is 2.15. The lowest BCUT2D eigenvalue weighted by Gasteiger charge is -2.05. The van der Waals surface area contributed by atoms with Gasteiger partial charge in [-0.3, -0.25) is 9.59 Å². The van der Waals surface area contributed by atoms with Gasteiger partial charge in [-0.25, -0.2) is 9.37 Å². The number of aromatic nitrogens is 1. The van der Waals surface area contributed by atoms with Crippen LogP contribution in [-0.2, 0) is 16.0 Å². The Morgan fingerprint density at radius 2 is 1.91 bits per heavy atom. The minimum atomic E-state index is -0.965. The van der Waals surface area contributed by atoms with Gasteiger partial charge >= 0.3 is 5.97 Å². The Balaban J connectivity index is 1.50. The van der Waals surface area contributed by atoms with Crippen molar-refractivity contribution in [2.45, 2.75) is 6.42 Å². The van der Waals surface area contributed by atoms with Crippen molar-refractivity contribution in [1.29, 1.82) is 0 Å². The van der Waals surface area contributed by atoms with Crippen molar-refractivity contribution < 1.29 is 23.5 Å². The summed E-state index contributed by atoms with van der Waals surface area (Å²) in [4.78, 5) is 27.3. The van der Waals surface area contributed by atoms with Crippen LogP contribution in [0.15, 0.2) is 65.1 Å². The molecule has 166 valence electrons. The second kappa shape index (κ2) is 9.44. The second-order valence-corrected chi connectivity index (χ2v) is 7.92. The van der Waals surface area contributed by atoms with Crippen LogP contribution in [0.1, 0.15) is 11.1 Å². The van der Waals surface area contributed by atoms with Crippen molar-refractivity contribution in [2.75, 3.05) is 5.32 Å². The fourth-order valence-corrected chi connectivity index (χ4v) is 3.60. The van der Waals surface area contributed by atoms with Crippen LogP contribution >= 0.6 is 23.2 Å². The van der Waals surface area contributed by atoms with E-state index < -0.39 is 17.7 Å². The van der Waals surface area contributed by atoms with E-state index in [-0.39, 0.29) is 23.6 Å². The number of carboxylic acids is 1. The Morgan fingerprint density at radius 3 is 2.64 bits per heavy atom. The van der Waals surface area contributed by atoms with Crippen LogP contribution in [0.2, 0.25) is 10.0 Å². The average molecular weight is 485 g/mol. The summed E-state index contributed by atoms with van der Waals surface area (Å²) in [5, 5.41) is 12.4. The number of amides is 1. The molecular weight excluding hydrogens is 470 g/mol. The van der Waals surface area contributed by atoms with Crippen molar-refractivity contribution >= 4 is 57.9 Å². The Hall–Kier alpha value is -3.68. The summed E-state index contributed by atoms with van der Waals surface area (Å²) >= 11 is 11.9. The Bertz CT molecular complexity index is 1420. The van der Waals surface area contributed by atoms with E-state index >= 15 is 0 Å². The highest BCUT2D eigenvalue weighted by molar-refractivity contribution is 6.35. The molecule has 0 saturated carbocycles. The normalized spacial score (nSPS) is 11.2. The number of aliphatic carboxylic acids is 1. The van der Waals surface area contributed by atoms with Crippen LogP contribution in [0.3, 0.4) is 0 Å². The number of carbonyl (C=O) groups is 2. The van der Waals surface area contributed by atoms with Gasteiger partial charge in [0.1, 0.15) is 11.3 Å². The lowest BCUT2D eigenvalue weighted by atomic mass is 10.1. The Labute approximate surface area is 197 Å². The lowest BCUT2D eigenvalue weighted by Crippen LogP contribution is -2.08. The number of hydrogen-bond acceptors (Lipinski definition) is 4. The molecule has 4 rings (SSSR count). The fraction of sp³-hybridized carbons (Fsp3) is 0.0417. The molecule has 0 aliphatic rings. The Morgan fingerprint density at radius 1 is 1.09 bits per heavy atom. The number of hydrogen-bond donors (Lipinski definition) is 2. The van der Waals surface area contributed by atoms with Gasteiger partial charge in [0, 0.05) is 21.8 Å². The van der Waals surface area contributed by atoms with Gasteiger partial charge in [0.2, 0.25) is 11.8 Å². The molecule has 3 aromatic carbocycles. The highest BCUT2D eigenvalue weighted by Crippen LogP contribution is 2.29. The summed E-state index contributed by atoms with van der Waals surface area (Å²) in [5.41, 5.74) is 2.34. The number of carboxylic acid groups (broad SMARTS) is 1. The van der Waals surface area contributed by atoms with Crippen molar-refractivity contribution in [3.8, 4) is 11.5 Å². The molecule has 1 amide bonds. The highest BCUT2D eigenvalue weighted by atomic mass is 35.5. The number of halogens is 3. The average Bonchev–Trinajstić information content (AvgIpc) is 3.15. The van der Waals surface area contributed by atoms with Crippen LogP contribution < -0.4 is 5.32 Å². The smallest absolute Gasteiger partial charge is 0.307 e. The SMILES string of the molecule is O=C(O)Cc1ccc2oc(-c3ccc(NC(=O)C=Cc4ccc(Cl)cc4Cl)cc3F)nc2c1. The van der Waals surface area contributed by atoms with Crippen LogP contribution in [0.25, 0.3) is 28.6 Å². The van der Waals surface area contributed by atoms with Gasteiger partial charge in [-0.05, 0) is 59.7 Å². The number of benzene rings is 3. The number of anilines is 1. The quantitative estimate of drug-likeness (QED) is 0.317. The summed E-state index contributed by atoms with van der Waals surface area (Å²) < 4.78 is 20.3. The molecule has 0 atom stereocenters. The molecule has 6 nitrogen and oxygen atoms in total. The van der Waals surface area contributed by atoms with Gasteiger partial charge < -0.3 is 14.8 Å². The van der Waals surface area contributed by atoms with E-state index in [4.69, 9.17) is 32.7 Å². The van der Waals surface area contributed by atoms with Gasteiger partial charge in [0.15, 0.2) is 5.58 Å². The number of rotatable bonds is 6. The molecule has 33 heavy (non-hydrogen) atoms. The van der Waals surface area contributed by atoms with Crippen LogP contribution in [-0.4, -0.2) is 22.0 Å². The zero-order chi connectivity index (χ0) is 23.5. The van der Waals surface area contributed by atoms with Crippen molar-refractivity contribution in [3.63, 3.8) is 0 Å². The molecule has 0 bridgehead atoms. The largest absolute Gasteiger partial charge is 0.481 e. The van der Waals surface area contributed by atoms with Crippen LogP contribution in [0.4, 0.5) is 10.1 Å². The van der Waals surface area contributed by atoms with E-state index in [1.165, 1.54) is 24.3 Å². The first-order valence-corrected chi connectivity index (χ1v) is 10.4. The minimum absolute atomic E-state index is 0.0464. The molecule has 0 unspecified atom stereocenters. The second-order valence-electron chi connectivity index (χ2n) is 7.07. The maximum Gasteiger partial charge on any atom is 0.307 e. The van der Waals surface area contributed by atoms with Gasteiger partial charge in [0.25, 0.3) is 0 Å². The molecule has 4 aromatic rings. The molecule has 2 N–H and O–H groups in total. The molecule has 0 saturated heterocycles. The Kier molecular flexibility index (Phi) is 6.44. The third kappa shape index (κ3) is 5.39. The zero-order valence-corrected chi connectivity index (χ0v) is 18.3. The zero-order valence-electron chi connectivity index (χ0n) is 16.8. The molecule has 0 fully saturated rings. The summed E-state index contributed by atoms with van der Waals surface area (Å²) in [6.45, 7) is 0. The van der Waals surface area contributed by atoms with Crippen molar-refractivity contribution in [3.05, 3.63) is 87.7 Å². The summed E-state index contributed by atoms with van der Waals surface area (Å²) in [6.07, 6.45) is 2.64. The number of fused-ring (bicyclic) bond motifs is 1. The van der Waals surface area contributed by atoms with Gasteiger partial charge in [-0.15, -0.1) is 0 Å². The fourth-order valence-electron chi connectivity index (χ4n) is 3.13. The molecule has 1 heterocycles. The maximum atomic E-state index is 14.7. The van der Waals surface area contributed by atoms with E-state index in [0.717, 1.165) is 6.07 Å². The van der Waals surface area contributed by atoms with Gasteiger partial charge in [-0.1, -0.05) is 35.3 Å². The van der Waals surface area contributed by atoms with E-state index in [2.05, 4.69) is 10.3 Å². The summed E-state index contributed by atoms with van der Waals surface area (Å²) in [7, 11) is 0. The molecule has 0 aliphatic carbocycles. The van der Waals surface area contributed by atoms with Gasteiger partial charge in [0.05, 0.1) is 12.0 Å². The number of nitrogens with zero attached hydrogens (tertiary/aromatic N) is 1. The minimum Gasteiger partial charge on any atom is -0.481 e. The first-order chi connectivity index (χ1) is 15.8. The van der Waals surface area contributed by atoms with E-state index in [9.17, 15) is 14.0 Å². The van der Waals surface area contributed by atoms with E-state index in [0.29, 0.717) is 32.3 Å². The van der Waals surface area contributed by atoms with Crippen molar-refractivity contribution in [1.82, 2.24) is 4.98 Å².